The van der Waals surface area contributed by atoms with Crippen LogP contribution in [0.4, 0.5) is 5.13 Å². The Balaban J connectivity index is 2.05. The summed E-state index contributed by atoms with van der Waals surface area (Å²) in [6.45, 7) is 1.86. The van der Waals surface area contributed by atoms with Crippen molar-refractivity contribution in [2.24, 2.45) is 0 Å². The van der Waals surface area contributed by atoms with Crippen LogP contribution in [0.5, 0.6) is 17.2 Å². The molecule has 1 saturated heterocycles. The molecule has 0 saturated carbocycles. The normalized spacial score (nSPS) is 17.2. The standard InChI is InChI=1S/C15H17N3O4S2/c1-8-16-17-15(24-8)18-12(19)7-23-14(18)9-5-10(20-2)13(22-4)11(6-9)21-3/h5-6,14H,7H2,1-4H3. The molecule has 1 unspecified atom stereocenters. The summed E-state index contributed by atoms with van der Waals surface area (Å²) >= 11 is 2.93. The van der Waals surface area contributed by atoms with Crippen molar-refractivity contribution in [3.05, 3.63) is 22.7 Å². The van der Waals surface area contributed by atoms with E-state index in [0.717, 1.165) is 10.6 Å². The summed E-state index contributed by atoms with van der Waals surface area (Å²) in [5.74, 6) is 2.03. The molecule has 0 spiro atoms. The van der Waals surface area contributed by atoms with Gasteiger partial charge in [0.25, 0.3) is 0 Å². The molecule has 0 bridgehead atoms. The number of methoxy groups -OCH3 is 3. The average Bonchev–Trinajstić information content (AvgIpc) is 3.18. The Hall–Kier alpha value is -2.00. The third-order valence-electron chi connectivity index (χ3n) is 3.56. The molecule has 7 nitrogen and oxygen atoms in total. The van der Waals surface area contributed by atoms with Crippen LogP contribution in [0.15, 0.2) is 12.1 Å². The molecule has 1 atom stereocenters. The molecule has 0 N–H and O–H groups in total. The van der Waals surface area contributed by atoms with Crippen LogP contribution in [-0.4, -0.2) is 43.2 Å². The van der Waals surface area contributed by atoms with Crippen molar-refractivity contribution in [3.8, 4) is 17.2 Å². The van der Waals surface area contributed by atoms with Crippen LogP contribution in [0, 0.1) is 6.92 Å². The molecule has 9 heteroatoms. The third-order valence-corrected chi connectivity index (χ3v) is 5.61. The van der Waals surface area contributed by atoms with Crippen molar-refractivity contribution in [3.63, 3.8) is 0 Å². The lowest BCUT2D eigenvalue weighted by Crippen LogP contribution is -2.27. The lowest BCUT2D eigenvalue weighted by Gasteiger charge is -2.23. The number of aryl methyl sites for hydroxylation is 1. The molecule has 1 aromatic carbocycles. The molecule has 1 fully saturated rings. The van der Waals surface area contributed by atoms with Gasteiger partial charge in [-0.25, -0.2) is 0 Å². The first kappa shape index (κ1) is 16.8. The molecule has 128 valence electrons. The van der Waals surface area contributed by atoms with Crippen LogP contribution in [0.3, 0.4) is 0 Å². The van der Waals surface area contributed by atoms with Crippen LogP contribution in [-0.2, 0) is 4.79 Å². The smallest absolute Gasteiger partial charge is 0.240 e. The maximum Gasteiger partial charge on any atom is 0.240 e. The van der Waals surface area contributed by atoms with Crippen molar-refractivity contribution in [2.75, 3.05) is 32.0 Å². The lowest BCUT2D eigenvalue weighted by molar-refractivity contribution is -0.115. The van der Waals surface area contributed by atoms with Gasteiger partial charge in [-0.05, 0) is 24.6 Å². The van der Waals surface area contributed by atoms with Crippen molar-refractivity contribution in [1.29, 1.82) is 0 Å². The van der Waals surface area contributed by atoms with Gasteiger partial charge in [-0.3, -0.25) is 9.69 Å². The highest BCUT2D eigenvalue weighted by Gasteiger charge is 2.37. The van der Waals surface area contributed by atoms with Crippen molar-refractivity contribution in [1.82, 2.24) is 10.2 Å². The number of thioether (sulfide) groups is 1. The van der Waals surface area contributed by atoms with Gasteiger partial charge >= 0.3 is 0 Å². The zero-order valence-corrected chi connectivity index (χ0v) is 15.4. The van der Waals surface area contributed by atoms with Crippen molar-refractivity contribution in [2.45, 2.75) is 12.3 Å². The van der Waals surface area contributed by atoms with E-state index in [1.165, 1.54) is 23.1 Å². The fraction of sp³-hybridized carbons (Fsp3) is 0.400. The maximum atomic E-state index is 12.4. The highest BCUT2D eigenvalue weighted by molar-refractivity contribution is 8.00. The number of rotatable bonds is 5. The van der Waals surface area contributed by atoms with Crippen LogP contribution in [0.2, 0.25) is 0 Å². The van der Waals surface area contributed by atoms with Gasteiger partial charge in [-0.2, -0.15) is 0 Å². The lowest BCUT2D eigenvalue weighted by atomic mass is 10.1. The van der Waals surface area contributed by atoms with E-state index in [9.17, 15) is 4.79 Å². The maximum absolute atomic E-state index is 12.4. The number of nitrogens with zero attached hydrogens (tertiary/aromatic N) is 3. The second-order valence-electron chi connectivity index (χ2n) is 4.99. The fourth-order valence-corrected chi connectivity index (χ4v) is 4.44. The summed E-state index contributed by atoms with van der Waals surface area (Å²) in [5.41, 5.74) is 0.883. The van der Waals surface area contributed by atoms with Crippen molar-refractivity contribution >= 4 is 34.1 Å². The quantitative estimate of drug-likeness (QED) is 0.804. The highest BCUT2D eigenvalue weighted by atomic mass is 32.2. The minimum atomic E-state index is -0.210. The largest absolute Gasteiger partial charge is 0.493 e. The summed E-state index contributed by atoms with van der Waals surface area (Å²) in [5, 5.41) is 9.34. The monoisotopic (exact) mass is 367 g/mol. The number of ether oxygens (including phenoxy) is 3. The topological polar surface area (TPSA) is 73.8 Å². The second-order valence-corrected chi connectivity index (χ2v) is 7.22. The number of carbonyl (C=O) groups excluding carboxylic acids is 1. The zero-order valence-electron chi connectivity index (χ0n) is 13.7. The molecule has 1 aliphatic heterocycles. The van der Waals surface area contributed by atoms with Gasteiger partial charge in [0.1, 0.15) is 10.4 Å². The average molecular weight is 367 g/mol. The number of amides is 1. The summed E-state index contributed by atoms with van der Waals surface area (Å²) in [4.78, 5) is 14.0. The summed E-state index contributed by atoms with van der Waals surface area (Å²) in [6, 6.07) is 3.72. The van der Waals surface area contributed by atoms with Crippen LogP contribution < -0.4 is 19.1 Å². The number of benzene rings is 1. The Kier molecular flexibility index (Phi) is 4.81. The first-order chi connectivity index (χ1) is 11.6. The number of aromatic nitrogens is 2. The molecule has 2 heterocycles. The van der Waals surface area contributed by atoms with Crippen LogP contribution in [0.1, 0.15) is 15.9 Å². The van der Waals surface area contributed by atoms with E-state index in [-0.39, 0.29) is 11.3 Å². The van der Waals surface area contributed by atoms with Gasteiger partial charge in [0.2, 0.25) is 16.8 Å². The second kappa shape index (κ2) is 6.86. The minimum Gasteiger partial charge on any atom is -0.493 e. The highest BCUT2D eigenvalue weighted by Crippen LogP contribution is 2.47. The molecule has 3 rings (SSSR count). The van der Waals surface area contributed by atoms with E-state index in [1.54, 1.807) is 26.2 Å². The summed E-state index contributed by atoms with van der Waals surface area (Å²) in [7, 11) is 4.70. The molecule has 0 aliphatic carbocycles. The van der Waals surface area contributed by atoms with Gasteiger partial charge in [-0.1, -0.05) is 11.3 Å². The van der Waals surface area contributed by atoms with Gasteiger partial charge in [0.15, 0.2) is 11.5 Å². The van der Waals surface area contributed by atoms with E-state index in [0.29, 0.717) is 28.1 Å². The zero-order chi connectivity index (χ0) is 17.3. The Bertz CT molecular complexity index is 740. The summed E-state index contributed by atoms with van der Waals surface area (Å²) in [6.07, 6.45) is 0. The Labute approximate surface area is 147 Å². The first-order valence-electron chi connectivity index (χ1n) is 7.12. The number of carbonyl (C=O) groups is 1. The van der Waals surface area contributed by atoms with E-state index in [2.05, 4.69) is 10.2 Å². The Morgan fingerprint density at radius 3 is 2.29 bits per heavy atom. The van der Waals surface area contributed by atoms with E-state index in [4.69, 9.17) is 14.2 Å². The molecule has 0 radical (unpaired) electrons. The molecule has 1 aliphatic rings. The summed E-state index contributed by atoms with van der Waals surface area (Å²) < 4.78 is 16.2. The van der Waals surface area contributed by atoms with Gasteiger partial charge in [0, 0.05) is 0 Å². The number of hydrogen-bond donors (Lipinski definition) is 0. The molecular weight excluding hydrogens is 350 g/mol. The molecule has 24 heavy (non-hydrogen) atoms. The minimum absolute atomic E-state index is 0.00917. The third kappa shape index (κ3) is 2.89. The molecule has 1 amide bonds. The van der Waals surface area contributed by atoms with E-state index in [1.807, 2.05) is 19.1 Å². The number of hydrogen-bond acceptors (Lipinski definition) is 8. The van der Waals surface area contributed by atoms with Gasteiger partial charge in [0.05, 0.1) is 27.1 Å². The van der Waals surface area contributed by atoms with Gasteiger partial charge in [-0.15, -0.1) is 22.0 Å². The van der Waals surface area contributed by atoms with E-state index < -0.39 is 0 Å². The Morgan fingerprint density at radius 1 is 1.12 bits per heavy atom. The SMILES string of the molecule is COc1cc(C2SCC(=O)N2c2nnc(C)s2)cc(OC)c1OC. The van der Waals surface area contributed by atoms with E-state index >= 15 is 0 Å². The predicted molar refractivity (Wildman–Crippen MR) is 93.4 cm³/mol. The Morgan fingerprint density at radius 2 is 1.79 bits per heavy atom. The molecule has 1 aromatic heterocycles. The van der Waals surface area contributed by atoms with Crippen LogP contribution in [0.25, 0.3) is 0 Å². The number of anilines is 1. The molecular formula is C15H17N3O4S2. The first-order valence-corrected chi connectivity index (χ1v) is 8.99. The van der Waals surface area contributed by atoms with Crippen LogP contribution >= 0.6 is 23.1 Å². The van der Waals surface area contributed by atoms with Gasteiger partial charge < -0.3 is 14.2 Å². The molecule has 2 aromatic rings. The predicted octanol–water partition coefficient (Wildman–Crippen LogP) is 2.65. The fourth-order valence-electron chi connectivity index (χ4n) is 2.50. The van der Waals surface area contributed by atoms with Crippen molar-refractivity contribution < 1.29 is 19.0 Å².